The van der Waals surface area contributed by atoms with E-state index in [2.05, 4.69) is 6.07 Å². The highest BCUT2D eigenvalue weighted by Crippen LogP contribution is 2.31. The zero-order chi connectivity index (χ0) is 14.0. The van der Waals surface area contributed by atoms with E-state index in [9.17, 15) is 9.65 Å². The van der Waals surface area contributed by atoms with Crippen LogP contribution in [0, 0.1) is 17.1 Å². The number of hydrogen-bond donors (Lipinski definition) is 0. The number of ether oxygens (including phenoxy) is 1. The van der Waals surface area contributed by atoms with Crippen molar-refractivity contribution in [3.05, 3.63) is 34.6 Å². The largest absolute Gasteiger partial charge is 0.373 e. The lowest BCUT2D eigenvalue weighted by molar-refractivity contribution is -0.0752. The second kappa shape index (κ2) is 5.87. The summed E-state index contributed by atoms with van der Waals surface area (Å²) < 4.78 is 19.6. The van der Waals surface area contributed by atoms with E-state index < -0.39 is 11.9 Å². The topological polar surface area (TPSA) is 36.3 Å². The number of benzene rings is 1. The molecule has 0 saturated carbocycles. The fraction of sp³-hybridized carbons (Fsp3) is 0.500. The Balaban J connectivity index is 2.32. The summed E-state index contributed by atoms with van der Waals surface area (Å²) >= 11 is 6.05. The third-order valence-electron chi connectivity index (χ3n) is 3.21. The first-order chi connectivity index (χ1) is 9.02. The molecular formula is C14H16ClFN2O. The zero-order valence-electron chi connectivity index (χ0n) is 10.9. The van der Waals surface area contributed by atoms with Gasteiger partial charge in [0.25, 0.3) is 0 Å². The Labute approximate surface area is 117 Å². The van der Waals surface area contributed by atoms with Crippen molar-refractivity contribution in [2.45, 2.75) is 32.1 Å². The SMILES string of the molecule is C[C@@H]1CN([C@H](C#N)c2c(F)cccc2Cl)C[C@H](C)O1. The number of halogens is 2. The van der Waals surface area contributed by atoms with Crippen LogP contribution in [-0.2, 0) is 4.74 Å². The molecule has 1 aromatic rings. The van der Waals surface area contributed by atoms with Gasteiger partial charge in [0.1, 0.15) is 11.9 Å². The van der Waals surface area contributed by atoms with Gasteiger partial charge in [-0.25, -0.2) is 4.39 Å². The van der Waals surface area contributed by atoms with Gasteiger partial charge in [0.05, 0.1) is 18.3 Å². The van der Waals surface area contributed by atoms with Crippen molar-refractivity contribution in [1.29, 1.82) is 5.26 Å². The van der Waals surface area contributed by atoms with Crippen molar-refractivity contribution < 1.29 is 9.13 Å². The Kier molecular flexibility index (Phi) is 4.41. The predicted octanol–water partition coefficient (Wildman–Crippen LogP) is 3.15. The lowest BCUT2D eigenvalue weighted by Crippen LogP contribution is -2.46. The number of morpholine rings is 1. The van der Waals surface area contributed by atoms with E-state index in [1.165, 1.54) is 6.07 Å². The summed E-state index contributed by atoms with van der Waals surface area (Å²) in [6, 6.07) is 5.96. The predicted molar refractivity (Wildman–Crippen MR) is 71.3 cm³/mol. The fourth-order valence-electron chi connectivity index (χ4n) is 2.53. The minimum absolute atomic E-state index is 0.0187. The Morgan fingerprint density at radius 1 is 1.42 bits per heavy atom. The first-order valence-corrected chi connectivity index (χ1v) is 6.63. The molecule has 0 spiro atoms. The van der Waals surface area contributed by atoms with Gasteiger partial charge in [-0.1, -0.05) is 17.7 Å². The maximum absolute atomic E-state index is 13.9. The maximum atomic E-state index is 13.9. The third-order valence-corrected chi connectivity index (χ3v) is 3.54. The summed E-state index contributed by atoms with van der Waals surface area (Å²) in [4.78, 5) is 1.92. The highest BCUT2D eigenvalue weighted by Gasteiger charge is 2.31. The molecule has 1 fully saturated rings. The van der Waals surface area contributed by atoms with Crippen molar-refractivity contribution in [1.82, 2.24) is 4.90 Å². The average Bonchev–Trinajstić information content (AvgIpc) is 2.32. The lowest BCUT2D eigenvalue weighted by Gasteiger charge is -2.38. The van der Waals surface area contributed by atoms with E-state index >= 15 is 0 Å². The van der Waals surface area contributed by atoms with Crippen LogP contribution < -0.4 is 0 Å². The first kappa shape index (κ1) is 14.3. The minimum Gasteiger partial charge on any atom is -0.373 e. The normalized spacial score (nSPS) is 25.8. The van der Waals surface area contributed by atoms with Crippen LogP contribution >= 0.6 is 11.6 Å². The average molecular weight is 283 g/mol. The standard InChI is InChI=1S/C14H16ClFN2O/c1-9-7-18(8-10(2)19-9)13(6-17)14-11(15)4-3-5-12(14)16/h3-5,9-10,13H,7-8H2,1-2H3/t9-,10+,13-/m1/s1. The molecule has 0 aliphatic carbocycles. The van der Waals surface area contributed by atoms with Gasteiger partial charge in [0, 0.05) is 23.7 Å². The highest BCUT2D eigenvalue weighted by molar-refractivity contribution is 6.31. The summed E-state index contributed by atoms with van der Waals surface area (Å²) in [5, 5.41) is 9.69. The molecule has 3 nitrogen and oxygen atoms in total. The number of hydrogen-bond acceptors (Lipinski definition) is 3. The smallest absolute Gasteiger partial charge is 0.130 e. The van der Waals surface area contributed by atoms with Crippen molar-refractivity contribution >= 4 is 11.6 Å². The molecule has 1 aliphatic rings. The quantitative estimate of drug-likeness (QED) is 0.836. The van der Waals surface area contributed by atoms with Gasteiger partial charge in [-0.05, 0) is 26.0 Å². The molecule has 102 valence electrons. The van der Waals surface area contributed by atoms with Crippen LogP contribution in [0.1, 0.15) is 25.5 Å². The number of rotatable bonds is 2. The Bertz CT molecular complexity index is 472. The molecule has 5 heteroatoms. The van der Waals surface area contributed by atoms with Crippen LogP contribution in [0.2, 0.25) is 5.02 Å². The zero-order valence-corrected chi connectivity index (χ0v) is 11.7. The second-order valence-electron chi connectivity index (χ2n) is 4.88. The van der Waals surface area contributed by atoms with Crippen LogP contribution in [0.4, 0.5) is 4.39 Å². The summed E-state index contributed by atoms with van der Waals surface area (Å²) in [7, 11) is 0. The van der Waals surface area contributed by atoms with Gasteiger partial charge in [-0.2, -0.15) is 5.26 Å². The molecule has 19 heavy (non-hydrogen) atoms. The van der Waals surface area contributed by atoms with Crippen LogP contribution in [0.15, 0.2) is 18.2 Å². The van der Waals surface area contributed by atoms with Gasteiger partial charge in [0.2, 0.25) is 0 Å². The first-order valence-electron chi connectivity index (χ1n) is 6.26. The molecule has 0 aromatic heterocycles. The van der Waals surface area contributed by atoms with Crippen molar-refractivity contribution in [2.24, 2.45) is 0 Å². The molecule has 1 aromatic carbocycles. The molecule has 3 atom stereocenters. The van der Waals surface area contributed by atoms with Crippen molar-refractivity contribution in [2.75, 3.05) is 13.1 Å². The molecule has 0 amide bonds. The van der Waals surface area contributed by atoms with Gasteiger partial charge in [-0.3, -0.25) is 4.90 Å². The fourth-order valence-corrected chi connectivity index (χ4v) is 2.80. The second-order valence-corrected chi connectivity index (χ2v) is 5.29. The van der Waals surface area contributed by atoms with Crippen LogP contribution in [0.25, 0.3) is 0 Å². The third kappa shape index (κ3) is 3.06. The van der Waals surface area contributed by atoms with Crippen molar-refractivity contribution in [3.8, 4) is 6.07 Å². The van der Waals surface area contributed by atoms with Gasteiger partial charge >= 0.3 is 0 Å². The van der Waals surface area contributed by atoms with Crippen LogP contribution in [0.3, 0.4) is 0 Å². The number of nitrogens with zero attached hydrogens (tertiary/aromatic N) is 2. The van der Waals surface area contributed by atoms with Crippen LogP contribution in [-0.4, -0.2) is 30.2 Å². The van der Waals surface area contributed by atoms with Gasteiger partial charge in [-0.15, -0.1) is 0 Å². The van der Waals surface area contributed by atoms with E-state index in [0.29, 0.717) is 18.1 Å². The molecule has 0 N–H and O–H groups in total. The number of nitriles is 1. The highest BCUT2D eigenvalue weighted by atomic mass is 35.5. The Morgan fingerprint density at radius 2 is 2.05 bits per heavy atom. The van der Waals surface area contributed by atoms with E-state index in [1.54, 1.807) is 12.1 Å². The molecule has 1 heterocycles. The molecule has 1 aliphatic heterocycles. The van der Waals surface area contributed by atoms with Crippen LogP contribution in [0.5, 0.6) is 0 Å². The molecule has 0 bridgehead atoms. The van der Waals surface area contributed by atoms with Crippen molar-refractivity contribution in [3.63, 3.8) is 0 Å². The van der Waals surface area contributed by atoms with E-state index in [-0.39, 0.29) is 17.8 Å². The molecule has 1 saturated heterocycles. The molecular weight excluding hydrogens is 267 g/mol. The minimum atomic E-state index is -0.678. The monoisotopic (exact) mass is 282 g/mol. The van der Waals surface area contributed by atoms with Gasteiger partial charge in [0.15, 0.2) is 0 Å². The maximum Gasteiger partial charge on any atom is 0.130 e. The van der Waals surface area contributed by atoms with Gasteiger partial charge < -0.3 is 4.74 Å². The summed E-state index contributed by atoms with van der Waals surface area (Å²) in [6.07, 6.45) is 0.0373. The van der Waals surface area contributed by atoms with E-state index in [0.717, 1.165) is 0 Å². The molecule has 0 unspecified atom stereocenters. The van der Waals surface area contributed by atoms with E-state index in [1.807, 2.05) is 18.7 Å². The van der Waals surface area contributed by atoms with E-state index in [4.69, 9.17) is 16.3 Å². The lowest BCUT2D eigenvalue weighted by atomic mass is 10.0. The summed E-state index contributed by atoms with van der Waals surface area (Å²) in [5.41, 5.74) is 0.257. The Morgan fingerprint density at radius 3 is 2.58 bits per heavy atom. The summed E-state index contributed by atoms with van der Waals surface area (Å²) in [6.45, 7) is 5.07. The molecule has 2 rings (SSSR count). The molecule has 0 radical (unpaired) electrons. The Hall–Kier alpha value is -1.15. The summed E-state index contributed by atoms with van der Waals surface area (Å²) in [5.74, 6) is -0.439.